The number of rotatable bonds is 8. The monoisotopic (exact) mass is 291 g/mol. The molecule has 2 N–H and O–H groups in total. The van der Waals surface area contributed by atoms with Crippen LogP contribution in [0.25, 0.3) is 0 Å². The lowest BCUT2D eigenvalue weighted by molar-refractivity contribution is 0.491. The molecule has 1 unspecified atom stereocenters. The number of nitrogens with zero attached hydrogens (tertiary/aromatic N) is 1. The number of aliphatic imine (C=N–C) groups is 1. The van der Waals surface area contributed by atoms with Crippen molar-refractivity contribution >= 4 is 15.8 Å². The Labute approximate surface area is 118 Å². The summed E-state index contributed by atoms with van der Waals surface area (Å²) in [5, 5.41) is 6.29. The van der Waals surface area contributed by atoms with Gasteiger partial charge in [0, 0.05) is 25.9 Å². The van der Waals surface area contributed by atoms with E-state index in [1.54, 1.807) is 7.05 Å². The molecule has 19 heavy (non-hydrogen) atoms. The smallest absolute Gasteiger partial charge is 0.191 e. The van der Waals surface area contributed by atoms with Crippen molar-refractivity contribution in [2.45, 2.75) is 46.1 Å². The first-order valence-corrected chi connectivity index (χ1v) is 8.95. The summed E-state index contributed by atoms with van der Waals surface area (Å²) in [5.41, 5.74) is 0. The SMILES string of the molecule is CN=C(NCCS(C)(=O)=O)NC(C)CCCC(C)C. The molecule has 0 aliphatic carbocycles. The summed E-state index contributed by atoms with van der Waals surface area (Å²) in [4.78, 5) is 4.09. The van der Waals surface area contributed by atoms with Crippen LogP contribution in [0.4, 0.5) is 0 Å². The van der Waals surface area contributed by atoms with Crippen LogP contribution in [-0.4, -0.2) is 46.0 Å². The summed E-state index contributed by atoms with van der Waals surface area (Å²) in [6.45, 7) is 6.95. The van der Waals surface area contributed by atoms with E-state index >= 15 is 0 Å². The van der Waals surface area contributed by atoms with Crippen LogP contribution >= 0.6 is 0 Å². The zero-order chi connectivity index (χ0) is 14.9. The minimum Gasteiger partial charge on any atom is -0.355 e. The predicted octanol–water partition coefficient (Wildman–Crippen LogP) is 1.41. The highest BCUT2D eigenvalue weighted by atomic mass is 32.2. The number of sulfone groups is 1. The topological polar surface area (TPSA) is 70.6 Å². The molecule has 0 radical (unpaired) electrons. The molecule has 0 saturated carbocycles. The maximum Gasteiger partial charge on any atom is 0.191 e. The molecule has 6 heteroatoms. The zero-order valence-corrected chi connectivity index (χ0v) is 13.7. The van der Waals surface area contributed by atoms with Crippen LogP contribution in [-0.2, 0) is 9.84 Å². The molecule has 0 bridgehead atoms. The van der Waals surface area contributed by atoms with Gasteiger partial charge in [-0.1, -0.05) is 26.7 Å². The third kappa shape index (κ3) is 12.0. The van der Waals surface area contributed by atoms with Gasteiger partial charge < -0.3 is 10.6 Å². The maximum absolute atomic E-state index is 11.0. The molecule has 5 nitrogen and oxygen atoms in total. The molecule has 114 valence electrons. The van der Waals surface area contributed by atoms with Gasteiger partial charge in [0.15, 0.2) is 5.96 Å². The van der Waals surface area contributed by atoms with Crippen LogP contribution in [0.5, 0.6) is 0 Å². The van der Waals surface area contributed by atoms with Crippen molar-refractivity contribution in [3.8, 4) is 0 Å². The molecule has 1 atom stereocenters. The van der Waals surface area contributed by atoms with Crippen LogP contribution in [0.1, 0.15) is 40.0 Å². The van der Waals surface area contributed by atoms with Gasteiger partial charge in [-0.2, -0.15) is 0 Å². The van der Waals surface area contributed by atoms with Crippen LogP contribution in [0.2, 0.25) is 0 Å². The summed E-state index contributed by atoms with van der Waals surface area (Å²) in [6.07, 6.45) is 4.74. The van der Waals surface area contributed by atoms with Gasteiger partial charge in [0.25, 0.3) is 0 Å². The average molecular weight is 291 g/mol. The Morgan fingerprint density at radius 3 is 2.32 bits per heavy atom. The average Bonchev–Trinajstić information content (AvgIpc) is 2.25. The second kappa shape index (κ2) is 9.18. The normalized spacial score (nSPS) is 14.5. The van der Waals surface area contributed by atoms with E-state index < -0.39 is 9.84 Å². The molecule has 0 aromatic carbocycles. The van der Waals surface area contributed by atoms with E-state index in [0.717, 1.165) is 12.3 Å². The van der Waals surface area contributed by atoms with Gasteiger partial charge in [0.1, 0.15) is 9.84 Å². The Morgan fingerprint density at radius 1 is 1.21 bits per heavy atom. The van der Waals surface area contributed by atoms with Crippen molar-refractivity contribution in [3.05, 3.63) is 0 Å². The second-order valence-corrected chi connectivity index (χ2v) is 7.76. The fourth-order valence-electron chi connectivity index (χ4n) is 1.69. The van der Waals surface area contributed by atoms with Gasteiger partial charge in [-0.25, -0.2) is 8.42 Å². The molecular formula is C13H29N3O2S. The highest BCUT2D eigenvalue weighted by molar-refractivity contribution is 7.90. The molecule has 0 rings (SSSR count). The lowest BCUT2D eigenvalue weighted by Gasteiger charge is -2.18. The first kappa shape index (κ1) is 18.2. The third-order valence-electron chi connectivity index (χ3n) is 2.79. The van der Waals surface area contributed by atoms with Gasteiger partial charge in [0.2, 0.25) is 0 Å². The number of nitrogens with one attached hydrogen (secondary N) is 2. The van der Waals surface area contributed by atoms with Crippen molar-refractivity contribution in [2.24, 2.45) is 10.9 Å². The minimum absolute atomic E-state index is 0.120. The van der Waals surface area contributed by atoms with E-state index in [9.17, 15) is 8.42 Å². The van der Waals surface area contributed by atoms with Crippen molar-refractivity contribution in [2.75, 3.05) is 25.6 Å². The Hall–Kier alpha value is -0.780. The summed E-state index contributed by atoms with van der Waals surface area (Å²) in [7, 11) is -1.23. The van der Waals surface area contributed by atoms with E-state index in [-0.39, 0.29) is 5.75 Å². The number of guanidine groups is 1. The Morgan fingerprint density at radius 2 is 1.84 bits per heavy atom. The second-order valence-electron chi connectivity index (χ2n) is 5.50. The zero-order valence-electron chi connectivity index (χ0n) is 12.9. The molecule has 0 heterocycles. The summed E-state index contributed by atoms with van der Waals surface area (Å²) >= 11 is 0. The number of hydrogen-bond acceptors (Lipinski definition) is 3. The lowest BCUT2D eigenvalue weighted by Crippen LogP contribution is -2.43. The highest BCUT2D eigenvalue weighted by Gasteiger charge is 2.07. The fourth-order valence-corrected chi connectivity index (χ4v) is 2.16. The van der Waals surface area contributed by atoms with Crippen molar-refractivity contribution < 1.29 is 8.42 Å². The van der Waals surface area contributed by atoms with Crippen molar-refractivity contribution in [1.29, 1.82) is 0 Å². The van der Waals surface area contributed by atoms with E-state index in [4.69, 9.17) is 0 Å². The van der Waals surface area contributed by atoms with E-state index in [0.29, 0.717) is 18.5 Å². The molecule has 0 saturated heterocycles. The minimum atomic E-state index is -2.93. The Bertz CT molecular complexity index is 364. The van der Waals surface area contributed by atoms with E-state index in [2.05, 4.69) is 36.4 Å². The summed E-state index contributed by atoms with van der Waals surface area (Å²) < 4.78 is 22.1. The van der Waals surface area contributed by atoms with Gasteiger partial charge in [-0.05, 0) is 19.3 Å². The van der Waals surface area contributed by atoms with Crippen molar-refractivity contribution in [3.63, 3.8) is 0 Å². The summed E-state index contributed by atoms with van der Waals surface area (Å²) in [6, 6.07) is 0.336. The first-order valence-electron chi connectivity index (χ1n) is 6.89. The van der Waals surface area contributed by atoms with Crippen LogP contribution < -0.4 is 10.6 Å². The third-order valence-corrected chi connectivity index (χ3v) is 3.74. The largest absolute Gasteiger partial charge is 0.355 e. The molecular weight excluding hydrogens is 262 g/mol. The Balaban J connectivity index is 3.92. The van der Waals surface area contributed by atoms with Gasteiger partial charge in [-0.15, -0.1) is 0 Å². The predicted molar refractivity (Wildman–Crippen MR) is 82.4 cm³/mol. The molecule has 0 aliphatic rings. The fraction of sp³-hybridized carbons (Fsp3) is 0.923. The van der Waals surface area contributed by atoms with E-state index in [1.807, 2.05) is 0 Å². The molecule has 0 aliphatic heterocycles. The summed E-state index contributed by atoms with van der Waals surface area (Å²) in [5.74, 6) is 1.52. The molecule has 0 fully saturated rings. The van der Waals surface area contributed by atoms with Gasteiger partial charge in [0.05, 0.1) is 5.75 Å². The molecule has 0 amide bonds. The molecule has 0 aromatic rings. The van der Waals surface area contributed by atoms with Crippen LogP contribution in [0, 0.1) is 5.92 Å². The highest BCUT2D eigenvalue weighted by Crippen LogP contribution is 2.07. The standard InChI is InChI=1S/C13H29N3O2S/c1-11(2)7-6-8-12(3)16-13(14-4)15-9-10-19(5,17)18/h11-12H,6-10H2,1-5H3,(H2,14,15,16). The first-order chi connectivity index (χ1) is 8.74. The van der Waals surface area contributed by atoms with Gasteiger partial charge >= 0.3 is 0 Å². The van der Waals surface area contributed by atoms with Crippen LogP contribution in [0.15, 0.2) is 4.99 Å². The Kier molecular flexibility index (Phi) is 8.80. The molecule has 0 spiro atoms. The van der Waals surface area contributed by atoms with Crippen molar-refractivity contribution in [1.82, 2.24) is 10.6 Å². The van der Waals surface area contributed by atoms with Gasteiger partial charge in [-0.3, -0.25) is 4.99 Å². The van der Waals surface area contributed by atoms with E-state index in [1.165, 1.54) is 19.1 Å². The maximum atomic E-state index is 11.0. The van der Waals surface area contributed by atoms with Crippen LogP contribution in [0.3, 0.4) is 0 Å². The molecule has 0 aromatic heterocycles. The number of hydrogen-bond donors (Lipinski definition) is 2. The lowest BCUT2D eigenvalue weighted by atomic mass is 10.0. The quantitative estimate of drug-likeness (QED) is 0.524.